The van der Waals surface area contributed by atoms with Gasteiger partial charge in [0.15, 0.2) is 5.69 Å². The zero-order valence-corrected chi connectivity index (χ0v) is 11.9. The summed E-state index contributed by atoms with van der Waals surface area (Å²) in [4.78, 5) is 24.5. The number of halogens is 3. The molecule has 1 aromatic heterocycles. The molecule has 0 spiro atoms. The minimum Gasteiger partial charge on any atom is -0.481 e. The number of alkyl halides is 3. The van der Waals surface area contributed by atoms with Gasteiger partial charge in [0.25, 0.3) is 5.91 Å². The average molecular weight is 319 g/mol. The van der Waals surface area contributed by atoms with Crippen molar-refractivity contribution in [3.05, 3.63) is 17.5 Å². The number of aliphatic carboxylic acids is 1. The second-order valence-corrected chi connectivity index (χ2v) is 5.17. The van der Waals surface area contributed by atoms with Gasteiger partial charge in [-0.1, -0.05) is 0 Å². The van der Waals surface area contributed by atoms with E-state index in [9.17, 15) is 22.8 Å². The van der Waals surface area contributed by atoms with E-state index in [1.165, 1.54) is 0 Å². The molecule has 1 aliphatic rings. The first-order chi connectivity index (χ1) is 10.2. The molecule has 1 amide bonds. The number of likely N-dealkylation sites (tertiary alicyclic amines) is 1. The molecule has 1 unspecified atom stereocenters. The molecule has 0 aliphatic carbocycles. The highest BCUT2D eigenvalue weighted by Crippen LogP contribution is 2.32. The molecule has 22 heavy (non-hydrogen) atoms. The van der Waals surface area contributed by atoms with Crippen LogP contribution in [0.1, 0.15) is 35.8 Å². The van der Waals surface area contributed by atoms with Crippen LogP contribution in [-0.2, 0) is 17.5 Å². The molecule has 0 saturated carbocycles. The van der Waals surface area contributed by atoms with E-state index in [1.807, 2.05) is 0 Å². The van der Waals surface area contributed by atoms with E-state index in [0.717, 1.165) is 15.8 Å². The van der Waals surface area contributed by atoms with Gasteiger partial charge in [-0.2, -0.15) is 18.3 Å². The summed E-state index contributed by atoms with van der Waals surface area (Å²) in [5, 5.41) is 12.4. The number of aromatic nitrogens is 2. The van der Waals surface area contributed by atoms with E-state index in [-0.39, 0.29) is 19.6 Å². The summed E-state index contributed by atoms with van der Waals surface area (Å²) in [5.41, 5.74) is -1.75. The molecule has 0 radical (unpaired) electrons. The molecule has 2 rings (SSSR count). The number of piperidine rings is 1. The van der Waals surface area contributed by atoms with Gasteiger partial charge < -0.3 is 10.0 Å². The van der Waals surface area contributed by atoms with E-state index in [4.69, 9.17) is 5.11 Å². The Morgan fingerprint density at radius 1 is 1.45 bits per heavy atom. The first kappa shape index (κ1) is 16.3. The van der Waals surface area contributed by atoms with Gasteiger partial charge in [0, 0.05) is 25.8 Å². The second-order valence-electron chi connectivity index (χ2n) is 5.17. The van der Waals surface area contributed by atoms with Crippen molar-refractivity contribution in [3.63, 3.8) is 0 Å². The molecule has 122 valence electrons. The number of nitrogens with zero attached hydrogens (tertiary/aromatic N) is 3. The Bertz CT molecular complexity index is 583. The summed E-state index contributed by atoms with van der Waals surface area (Å²) in [6.45, 7) is 1.98. The van der Waals surface area contributed by atoms with Crippen LogP contribution in [0.3, 0.4) is 0 Å². The summed E-state index contributed by atoms with van der Waals surface area (Å²) in [7, 11) is 0. The van der Waals surface area contributed by atoms with Crippen LogP contribution in [0.15, 0.2) is 6.20 Å². The summed E-state index contributed by atoms with van der Waals surface area (Å²) in [6.07, 6.45) is -2.80. The number of carbonyl (C=O) groups is 2. The molecule has 0 aromatic carbocycles. The molecule has 1 saturated heterocycles. The van der Waals surface area contributed by atoms with Gasteiger partial charge in [0.05, 0.1) is 11.5 Å². The first-order valence-electron chi connectivity index (χ1n) is 6.90. The van der Waals surface area contributed by atoms with Crippen LogP contribution in [0.4, 0.5) is 13.2 Å². The molecule has 1 atom stereocenters. The number of carboxylic acid groups (broad SMARTS) is 1. The van der Waals surface area contributed by atoms with Crippen LogP contribution >= 0.6 is 0 Å². The molecular weight excluding hydrogens is 303 g/mol. The van der Waals surface area contributed by atoms with Crippen molar-refractivity contribution in [1.29, 1.82) is 0 Å². The number of carboxylic acids is 1. The fraction of sp³-hybridized carbons (Fsp3) is 0.615. The summed E-state index contributed by atoms with van der Waals surface area (Å²) in [5.74, 6) is -2.61. The lowest BCUT2D eigenvalue weighted by Gasteiger charge is -2.30. The standard InChI is InChI=1S/C13H16F3N3O3/c1-2-19-7-9(10(17-19)13(14,15)16)11(20)18-5-3-4-8(6-18)12(21)22/h7-8H,2-6H2,1H3,(H,21,22). The smallest absolute Gasteiger partial charge is 0.435 e. The molecule has 1 aromatic rings. The quantitative estimate of drug-likeness (QED) is 0.923. The molecule has 9 heteroatoms. The number of aryl methyl sites for hydroxylation is 1. The predicted molar refractivity (Wildman–Crippen MR) is 69.2 cm³/mol. The third kappa shape index (κ3) is 3.23. The topological polar surface area (TPSA) is 75.4 Å². The van der Waals surface area contributed by atoms with Crippen LogP contribution in [0.25, 0.3) is 0 Å². The van der Waals surface area contributed by atoms with Gasteiger partial charge in [-0.15, -0.1) is 0 Å². The van der Waals surface area contributed by atoms with Crippen LogP contribution in [-0.4, -0.2) is 44.8 Å². The molecule has 1 aliphatic heterocycles. The van der Waals surface area contributed by atoms with E-state index in [1.54, 1.807) is 6.92 Å². The number of hydrogen-bond donors (Lipinski definition) is 1. The largest absolute Gasteiger partial charge is 0.481 e. The zero-order chi connectivity index (χ0) is 16.5. The van der Waals surface area contributed by atoms with Crippen molar-refractivity contribution in [1.82, 2.24) is 14.7 Å². The van der Waals surface area contributed by atoms with Crippen molar-refractivity contribution in [3.8, 4) is 0 Å². The van der Waals surface area contributed by atoms with E-state index < -0.39 is 35.2 Å². The summed E-state index contributed by atoms with van der Waals surface area (Å²) in [6, 6.07) is 0. The average Bonchev–Trinajstić information content (AvgIpc) is 2.91. The van der Waals surface area contributed by atoms with Crippen molar-refractivity contribution in [2.45, 2.75) is 32.5 Å². The van der Waals surface area contributed by atoms with Gasteiger partial charge in [0.1, 0.15) is 0 Å². The van der Waals surface area contributed by atoms with Crippen molar-refractivity contribution in [2.24, 2.45) is 5.92 Å². The molecular formula is C13H16F3N3O3. The lowest BCUT2D eigenvalue weighted by Crippen LogP contribution is -2.42. The predicted octanol–water partition coefficient (Wildman–Crippen LogP) is 1.86. The lowest BCUT2D eigenvalue weighted by molar-refractivity contribution is -0.144. The van der Waals surface area contributed by atoms with Gasteiger partial charge in [-0.3, -0.25) is 14.3 Å². The molecule has 6 nitrogen and oxygen atoms in total. The highest BCUT2D eigenvalue weighted by Gasteiger charge is 2.41. The number of rotatable bonds is 3. The Morgan fingerprint density at radius 2 is 2.14 bits per heavy atom. The highest BCUT2D eigenvalue weighted by atomic mass is 19.4. The Balaban J connectivity index is 2.29. The van der Waals surface area contributed by atoms with Crippen LogP contribution < -0.4 is 0 Å². The van der Waals surface area contributed by atoms with E-state index >= 15 is 0 Å². The summed E-state index contributed by atoms with van der Waals surface area (Å²) < 4.78 is 40.0. The molecule has 1 fully saturated rings. The van der Waals surface area contributed by atoms with Crippen molar-refractivity contribution in [2.75, 3.05) is 13.1 Å². The minimum atomic E-state index is -4.73. The van der Waals surface area contributed by atoms with E-state index in [0.29, 0.717) is 12.8 Å². The second kappa shape index (κ2) is 5.98. The van der Waals surface area contributed by atoms with Crippen molar-refractivity contribution >= 4 is 11.9 Å². The molecule has 0 bridgehead atoms. The fourth-order valence-electron chi connectivity index (χ4n) is 2.48. The Hall–Kier alpha value is -2.06. The normalized spacial score (nSPS) is 19.3. The Morgan fingerprint density at radius 3 is 2.68 bits per heavy atom. The summed E-state index contributed by atoms with van der Waals surface area (Å²) >= 11 is 0. The Kier molecular flexibility index (Phi) is 4.43. The zero-order valence-electron chi connectivity index (χ0n) is 11.9. The van der Waals surface area contributed by atoms with Crippen LogP contribution in [0.2, 0.25) is 0 Å². The van der Waals surface area contributed by atoms with Crippen LogP contribution in [0, 0.1) is 5.92 Å². The van der Waals surface area contributed by atoms with Crippen molar-refractivity contribution < 1.29 is 27.9 Å². The number of hydrogen-bond acceptors (Lipinski definition) is 3. The van der Waals surface area contributed by atoms with Gasteiger partial charge in [-0.05, 0) is 19.8 Å². The van der Waals surface area contributed by atoms with Gasteiger partial charge in [-0.25, -0.2) is 0 Å². The van der Waals surface area contributed by atoms with E-state index in [2.05, 4.69) is 5.10 Å². The molecule has 1 N–H and O–H groups in total. The van der Waals surface area contributed by atoms with Crippen LogP contribution in [0.5, 0.6) is 0 Å². The lowest BCUT2D eigenvalue weighted by atomic mass is 9.97. The van der Waals surface area contributed by atoms with Gasteiger partial charge >= 0.3 is 12.1 Å². The minimum absolute atomic E-state index is 0.0806. The number of amides is 1. The fourth-order valence-corrected chi connectivity index (χ4v) is 2.48. The van der Waals surface area contributed by atoms with Gasteiger partial charge in [0.2, 0.25) is 0 Å². The SMILES string of the molecule is CCn1cc(C(=O)N2CCCC(C(=O)O)C2)c(C(F)(F)F)n1. The maximum Gasteiger partial charge on any atom is 0.435 e. The third-order valence-electron chi connectivity index (χ3n) is 3.64. The first-order valence-corrected chi connectivity index (χ1v) is 6.90. The number of carbonyl (C=O) groups excluding carboxylic acids is 1. The third-order valence-corrected chi connectivity index (χ3v) is 3.64. The Labute approximate surface area is 124 Å². The maximum absolute atomic E-state index is 13.0. The molecule has 2 heterocycles. The maximum atomic E-state index is 13.0. The monoisotopic (exact) mass is 319 g/mol. The highest BCUT2D eigenvalue weighted by molar-refractivity contribution is 5.95.